The molecular formula is C25H28N4O5. The summed E-state index contributed by atoms with van der Waals surface area (Å²) in [7, 11) is 0. The van der Waals surface area contributed by atoms with Crippen LogP contribution in [-0.2, 0) is 17.9 Å². The Morgan fingerprint density at radius 2 is 1.88 bits per heavy atom. The van der Waals surface area contributed by atoms with Gasteiger partial charge in [0.1, 0.15) is 0 Å². The molecule has 2 amide bonds. The molecule has 1 saturated heterocycles. The molecule has 2 aromatic carbocycles. The number of benzene rings is 2. The van der Waals surface area contributed by atoms with Crippen molar-refractivity contribution < 1.29 is 23.6 Å². The minimum atomic E-state index is -0.218. The molecule has 0 radical (unpaired) electrons. The number of hydrogen-bond donors (Lipinski definition) is 1. The monoisotopic (exact) mass is 464 g/mol. The van der Waals surface area contributed by atoms with Crippen LogP contribution in [0.4, 0.5) is 0 Å². The van der Waals surface area contributed by atoms with Crippen LogP contribution in [0.2, 0.25) is 0 Å². The number of amides is 2. The van der Waals surface area contributed by atoms with Crippen molar-refractivity contribution in [3.05, 3.63) is 71.4 Å². The van der Waals surface area contributed by atoms with Gasteiger partial charge in [-0.2, -0.15) is 4.98 Å². The number of rotatable bonds is 10. The molecule has 0 bridgehead atoms. The molecule has 0 saturated carbocycles. The molecule has 1 fully saturated rings. The van der Waals surface area contributed by atoms with Gasteiger partial charge >= 0.3 is 0 Å². The molecule has 2 heterocycles. The van der Waals surface area contributed by atoms with Gasteiger partial charge in [0, 0.05) is 31.0 Å². The Labute approximate surface area is 198 Å². The molecule has 0 spiro atoms. The van der Waals surface area contributed by atoms with Crippen LogP contribution in [0.15, 0.2) is 53.1 Å². The molecule has 4 rings (SSSR count). The second kappa shape index (κ2) is 10.8. The second-order valence-electron chi connectivity index (χ2n) is 7.92. The molecule has 1 N–H and O–H groups in total. The highest BCUT2D eigenvalue weighted by molar-refractivity contribution is 5.93. The normalized spacial score (nSPS) is 15.4. The fraction of sp³-hybridized carbons (Fsp3) is 0.360. The lowest BCUT2D eigenvalue weighted by molar-refractivity contribution is -0.128. The van der Waals surface area contributed by atoms with Crippen molar-refractivity contribution in [3.8, 4) is 11.5 Å². The van der Waals surface area contributed by atoms with E-state index in [1.165, 1.54) is 0 Å². The Balaban J connectivity index is 1.35. The molecule has 0 aliphatic carbocycles. The molecule has 9 heteroatoms. The largest absolute Gasteiger partial charge is 0.490 e. The van der Waals surface area contributed by atoms with E-state index in [9.17, 15) is 9.59 Å². The molecule has 34 heavy (non-hydrogen) atoms. The average Bonchev–Trinajstić information content (AvgIpc) is 3.47. The highest BCUT2D eigenvalue weighted by Gasteiger charge is 2.33. The minimum Gasteiger partial charge on any atom is -0.490 e. The predicted octanol–water partition coefficient (Wildman–Crippen LogP) is 3.31. The summed E-state index contributed by atoms with van der Waals surface area (Å²) in [5.41, 5.74) is 1.51. The molecule has 9 nitrogen and oxygen atoms in total. The molecule has 1 aliphatic heterocycles. The first-order chi connectivity index (χ1) is 16.6. The lowest BCUT2D eigenvalue weighted by atomic mass is 10.1. The van der Waals surface area contributed by atoms with E-state index >= 15 is 0 Å². The van der Waals surface area contributed by atoms with Gasteiger partial charge in [0.2, 0.25) is 11.8 Å². The quantitative estimate of drug-likeness (QED) is 0.490. The van der Waals surface area contributed by atoms with Crippen LogP contribution in [0.1, 0.15) is 53.8 Å². The van der Waals surface area contributed by atoms with E-state index in [4.69, 9.17) is 14.0 Å². The van der Waals surface area contributed by atoms with Gasteiger partial charge in [-0.05, 0) is 43.7 Å². The third-order valence-corrected chi connectivity index (χ3v) is 5.48. The predicted molar refractivity (Wildman–Crippen MR) is 123 cm³/mol. The summed E-state index contributed by atoms with van der Waals surface area (Å²) in [5.74, 6) is 1.79. The summed E-state index contributed by atoms with van der Waals surface area (Å²) < 4.78 is 16.6. The standard InChI is InChI=1S/C25H28N4O5/c1-3-32-20-11-10-17(12-21(20)33-4-2)15-29-16-19(13-23(29)30)24-27-22(34-28-24)14-26-25(31)18-8-6-5-7-9-18/h5-12,19H,3-4,13-16H2,1-2H3,(H,26,31). The van der Waals surface area contributed by atoms with Crippen molar-refractivity contribution in [2.24, 2.45) is 0 Å². The van der Waals surface area contributed by atoms with Crippen LogP contribution in [0.25, 0.3) is 0 Å². The Bertz CT molecular complexity index is 1130. The molecule has 3 aromatic rings. The first-order valence-corrected chi connectivity index (χ1v) is 11.4. The van der Waals surface area contributed by atoms with Gasteiger partial charge in [0.15, 0.2) is 17.3 Å². The maximum Gasteiger partial charge on any atom is 0.251 e. The van der Waals surface area contributed by atoms with E-state index in [1.807, 2.05) is 38.1 Å². The second-order valence-corrected chi connectivity index (χ2v) is 7.92. The van der Waals surface area contributed by atoms with Crippen molar-refractivity contribution >= 4 is 11.8 Å². The number of ether oxygens (including phenoxy) is 2. The van der Waals surface area contributed by atoms with Crippen LogP contribution in [0, 0.1) is 0 Å². The molecule has 1 unspecified atom stereocenters. The van der Waals surface area contributed by atoms with Crippen LogP contribution in [0.5, 0.6) is 11.5 Å². The Morgan fingerprint density at radius 1 is 1.12 bits per heavy atom. The SMILES string of the molecule is CCOc1ccc(CN2CC(c3noc(CNC(=O)c4ccccc4)n3)CC2=O)cc1OCC. The van der Waals surface area contributed by atoms with E-state index in [-0.39, 0.29) is 24.3 Å². The van der Waals surface area contributed by atoms with Gasteiger partial charge in [0.25, 0.3) is 5.91 Å². The fourth-order valence-corrected chi connectivity index (χ4v) is 3.87. The van der Waals surface area contributed by atoms with Crippen molar-refractivity contribution in [1.82, 2.24) is 20.4 Å². The van der Waals surface area contributed by atoms with Crippen LogP contribution in [-0.4, -0.2) is 46.6 Å². The maximum absolute atomic E-state index is 12.6. The molecule has 1 aliphatic rings. The highest BCUT2D eigenvalue weighted by Crippen LogP contribution is 2.31. The number of carbonyl (C=O) groups is 2. The van der Waals surface area contributed by atoms with E-state index in [0.717, 1.165) is 5.56 Å². The van der Waals surface area contributed by atoms with Gasteiger partial charge in [-0.15, -0.1) is 0 Å². The minimum absolute atomic E-state index is 0.0283. The molecule has 178 valence electrons. The summed E-state index contributed by atoms with van der Waals surface area (Å²) in [5, 5.41) is 6.81. The van der Waals surface area contributed by atoms with E-state index in [2.05, 4.69) is 15.5 Å². The number of likely N-dealkylation sites (tertiary alicyclic amines) is 1. The number of aromatic nitrogens is 2. The Kier molecular flexibility index (Phi) is 7.41. The van der Waals surface area contributed by atoms with Gasteiger partial charge in [0.05, 0.1) is 19.8 Å². The topological polar surface area (TPSA) is 107 Å². The molecule has 1 aromatic heterocycles. The summed E-state index contributed by atoms with van der Waals surface area (Å²) in [6, 6.07) is 14.6. The summed E-state index contributed by atoms with van der Waals surface area (Å²) in [6.07, 6.45) is 0.310. The van der Waals surface area contributed by atoms with E-state index < -0.39 is 0 Å². The number of carbonyl (C=O) groups excluding carboxylic acids is 2. The Hall–Kier alpha value is -3.88. The summed E-state index contributed by atoms with van der Waals surface area (Å²) in [6.45, 7) is 5.99. The third kappa shape index (κ3) is 5.54. The van der Waals surface area contributed by atoms with Gasteiger partial charge in [-0.3, -0.25) is 9.59 Å². The van der Waals surface area contributed by atoms with Crippen LogP contribution >= 0.6 is 0 Å². The molecular weight excluding hydrogens is 436 g/mol. The fourth-order valence-electron chi connectivity index (χ4n) is 3.87. The smallest absolute Gasteiger partial charge is 0.251 e. The van der Waals surface area contributed by atoms with Crippen molar-refractivity contribution in [2.45, 2.75) is 39.3 Å². The lowest BCUT2D eigenvalue weighted by Gasteiger charge is -2.18. The summed E-state index contributed by atoms with van der Waals surface area (Å²) in [4.78, 5) is 31.0. The number of nitrogens with one attached hydrogen (secondary N) is 1. The van der Waals surface area contributed by atoms with Crippen LogP contribution < -0.4 is 14.8 Å². The van der Waals surface area contributed by atoms with E-state index in [1.54, 1.807) is 29.2 Å². The van der Waals surface area contributed by atoms with Gasteiger partial charge in [-0.25, -0.2) is 0 Å². The number of nitrogens with zero attached hydrogens (tertiary/aromatic N) is 3. The zero-order chi connectivity index (χ0) is 23.9. The first-order valence-electron chi connectivity index (χ1n) is 11.4. The maximum atomic E-state index is 12.6. The van der Waals surface area contributed by atoms with E-state index in [0.29, 0.717) is 61.5 Å². The first kappa shape index (κ1) is 23.3. The van der Waals surface area contributed by atoms with Crippen LogP contribution in [0.3, 0.4) is 0 Å². The van der Waals surface area contributed by atoms with Gasteiger partial charge < -0.3 is 24.2 Å². The summed E-state index contributed by atoms with van der Waals surface area (Å²) >= 11 is 0. The number of hydrogen-bond acceptors (Lipinski definition) is 7. The van der Waals surface area contributed by atoms with Gasteiger partial charge in [-0.1, -0.05) is 29.4 Å². The highest BCUT2D eigenvalue weighted by atomic mass is 16.5. The zero-order valence-electron chi connectivity index (χ0n) is 19.3. The van der Waals surface area contributed by atoms with Crippen molar-refractivity contribution in [1.29, 1.82) is 0 Å². The zero-order valence-corrected chi connectivity index (χ0v) is 19.3. The Morgan fingerprint density at radius 3 is 2.65 bits per heavy atom. The van der Waals surface area contributed by atoms with Crippen molar-refractivity contribution in [2.75, 3.05) is 19.8 Å². The lowest BCUT2D eigenvalue weighted by Crippen LogP contribution is -2.24. The van der Waals surface area contributed by atoms with Crippen molar-refractivity contribution in [3.63, 3.8) is 0 Å². The molecule has 1 atom stereocenters. The third-order valence-electron chi connectivity index (χ3n) is 5.48. The average molecular weight is 465 g/mol.